The van der Waals surface area contributed by atoms with Crippen molar-refractivity contribution < 1.29 is 0 Å². The second-order valence-electron chi connectivity index (χ2n) is 13.9. The molecule has 5 heteroatoms. The number of nitriles is 2. The quantitative estimate of drug-likeness (QED) is 0.184. The normalized spacial score (nSPS) is 11.6. The van der Waals surface area contributed by atoms with Crippen molar-refractivity contribution in [2.24, 2.45) is 0 Å². The first-order chi connectivity index (χ1) is 27.2. The molecule has 11 aromatic rings. The molecule has 254 valence electrons. The van der Waals surface area contributed by atoms with Gasteiger partial charge in [-0.05, 0) is 66.7 Å². The standard InChI is InChI=1S/C50H29N5/c51-30-32-27-28-47-39(29-32)37-16-4-9-22-44(37)53(47)46-24-11-18-33(40(46)31-52)34-13-1-6-19-41(34)55-45-23-10-5-17-38(45)50-48(25-12-26-49(50)55)54-42-20-7-2-14-35(42)36-15-3-8-21-43(36)54/h1-29H. The first-order valence-electron chi connectivity index (χ1n) is 18.3. The molecule has 0 aliphatic rings. The van der Waals surface area contributed by atoms with E-state index >= 15 is 0 Å². The number of hydrogen-bond donors (Lipinski definition) is 0. The monoisotopic (exact) mass is 699 g/mol. The van der Waals surface area contributed by atoms with Crippen molar-refractivity contribution in [2.45, 2.75) is 0 Å². The van der Waals surface area contributed by atoms with E-state index in [0.717, 1.165) is 82.8 Å². The van der Waals surface area contributed by atoms with Gasteiger partial charge in [0.15, 0.2) is 0 Å². The summed E-state index contributed by atoms with van der Waals surface area (Å²) in [5, 5.41) is 27.5. The van der Waals surface area contributed by atoms with Gasteiger partial charge in [0, 0.05) is 43.4 Å². The lowest BCUT2D eigenvalue weighted by Gasteiger charge is -2.17. The van der Waals surface area contributed by atoms with E-state index in [9.17, 15) is 10.5 Å². The average molecular weight is 700 g/mol. The highest BCUT2D eigenvalue weighted by atomic mass is 15.0. The van der Waals surface area contributed by atoms with Gasteiger partial charge in [-0.1, -0.05) is 109 Å². The zero-order chi connectivity index (χ0) is 36.6. The first kappa shape index (κ1) is 30.7. The Kier molecular flexibility index (Phi) is 6.61. The molecule has 0 aliphatic carbocycles. The fraction of sp³-hybridized carbons (Fsp3) is 0. The van der Waals surface area contributed by atoms with E-state index < -0.39 is 0 Å². The Hall–Kier alpha value is -7.86. The minimum Gasteiger partial charge on any atom is -0.309 e. The second-order valence-corrected chi connectivity index (χ2v) is 13.9. The highest BCUT2D eigenvalue weighted by molar-refractivity contribution is 6.17. The Morgan fingerprint density at radius 1 is 0.327 bits per heavy atom. The lowest BCUT2D eigenvalue weighted by atomic mass is 9.96. The number of rotatable bonds is 4. The van der Waals surface area contributed by atoms with Crippen LogP contribution < -0.4 is 0 Å². The minimum atomic E-state index is 0.577. The van der Waals surface area contributed by atoms with Crippen molar-refractivity contribution in [3.05, 3.63) is 187 Å². The van der Waals surface area contributed by atoms with Gasteiger partial charge in [0.05, 0.1) is 67.4 Å². The van der Waals surface area contributed by atoms with Crippen LogP contribution in [0.25, 0.3) is 93.6 Å². The summed E-state index contributed by atoms with van der Waals surface area (Å²) < 4.78 is 6.92. The molecule has 0 N–H and O–H groups in total. The molecule has 0 bridgehead atoms. The summed E-state index contributed by atoms with van der Waals surface area (Å²) in [6.07, 6.45) is 0. The number of para-hydroxylation sites is 5. The lowest BCUT2D eigenvalue weighted by molar-refractivity contribution is 1.16. The molecule has 0 fully saturated rings. The Morgan fingerprint density at radius 2 is 0.782 bits per heavy atom. The third kappa shape index (κ3) is 4.33. The summed E-state index contributed by atoms with van der Waals surface area (Å²) in [5.74, 6) is 0. The Morgan fingerprint density at radius 3 is 1.45 bits per heavy atom. The highest BCUT2D eigenvalue weighted by Gasteiger charge is 2.23. The molecule has 0 radical (unpaired) electrons. The van der Waals surface area contributed by atoms with Crippen LogP contribution in [0.15, 0.2) is 176 Å². The van der Waals surface area contributed by atoms with Crippen LogP contribution in [0.4, 0.5) is 0 Å². The molecule has 0 atom stereocenters. The Balaban J connectivity index is 1.19. The Labute approximate surface area is 316 Å². The van der Waals surface area contributed by atoms with Gasteiger partial charge in [-0.15, -0.1) is 0 Å². The first-order valence-corrected chi connectivity index (χ1v) is 18.3. The third-order valence-corrected chi connectivity index (χ3v) is 11.1. The van der Waals surface area contributed by atoms with Crippen LogP contribution in [0, 0.1) is 22.7 Å². The number of hydrogen-bond acceptors (Lipinski definition) is 2. The van der Waals surface area contributed by atoms with Crippen molar-refractivity contribution >= 4 is 65.4 Å². The van der Waals surface area contributed by atoms with Crippen molar-refractivity contribution in [3.8, 4) is 40.3 Å². The van der Waals surface area contributed by atoms with Gasteiger partial charge in [0.25, 0.3) is 0 Å². The van der Waals surface area contributed by atoms with Gasteiger partial charge in [-0.3, -0.25) is 0 Å². The predicted octanol–water partition coefficient (Wildman–Crippen LogP) is 12.4. The van der Waals surface area contributed by atoms with Gasteiger partial charge in [0.1, 0.15) is 6.07 Å². The number of nitrogens with zero attached hydrogens (tertiary/aromatic N) is 5. The number of benzene rings is 8. The van der Waals surface area contributed by atoms with Gasteiger partial charge in [0.2, 0.25) is 0 Å². The predicted molar refractivity (Wildman–Crippen MR) is 224 cm³/mol. The van der Waals surface area contributed by atoms with Crippen LogP contribution in [0.1, 0.15) is 11.1 Å². The molecule has 3 aromatic heterocycles. The van der Waals surface area contributed by atoms with Crippen LogP contribution in [0.3, 0.4) is 0 Å². The van der Waals surface area contributed by atoms with Crippen LogP contribution in [0.2, 0.25) is 0 Å². The summed E-state index contributed by atoms with van der Waals surface area (Å²) in [5.41, 5.74) is 12.3. The third-order valence-electron chi connectivity index (χ3n) is 11.1. The van der Waals surface area contributed by atoms with Gasteiger partial charge < -0.3 is 13.7 Å². The van der Waals surface area contributed by atoms with E-state index in [1.165, 1.54) is 10.8 Å². The van der Waals surface area contributed by atoms with Gasteiger partial charge in [-0.25, -0.2) is 0 Å². The summed E-state index contributed by atoms with van der Waals surface area (Å²) in [7, 11) is 0. The van der Waals surface area contributed by atoms with Crippen LogP contribution in [0.5, 0.6) is 0 Å². The maximum atomic E-state index is 11.0. The summed E-state index contributed by atoms with van der Waals surface area (Å²) in [6.45, 7) is 0. The second kappa shape index (κ2) is 11.8. The fourth-order valence-corrected chi connectivity index (χ4v) is 8.90. The SMILES string of the molecule is N#Cc1ccc2c(c1)c1ccccc1n2-c1cccc(-c2ccccc2-n2c3ccccc3c3c(-n4c5ccccc5c5ccccc54)cccc32)c1C#N. The zero-order valence-corrected chi connectivity index (χ0v) is 29.5. The zero-order valence-electron chi connectivity index (χ0n) is 29.5. The van der Waals surface area contributed by atoms with Crippen molar-refractivity contribution in [1.29, 1.82) is 10.5 Å². The van der Waals surface area contributed by atoms with Crippen molar-refractivity contribution in [2.75, 3.05) is 0 Å². The average Bonchev–Trinajstić information content (AvgIpc) is 3.89. The molecule has 11 rings (SSSR count). The van der Waals surface area contributed by atoms with E-state index in [1.807, 2.05) is 48.5 Å². The molecule has 0 saturated carbocycles. The molecule has 0 unspecified atom stereocenters. The van der Waals surface area contributed by atoms with E-state index in [4.69, 9.17) is 0 Å². The number of aromatic nitrogens is 3. The molecular weight excluding hydrogens is 671 g/mol. The van der Waals surface area contributed by atoms with Gasteiger partial charge >= 0.3 is 0 Å². The molecule has 0 aliphatic heterocycles. The van der Waals surface area contributed by atoms with Crippen LogP contribution in [-0.4, -0.2) is 13.7 Å². The van der Waals surface area contributed by atoms with Crippen LogP contribution in [-0.2, 0) is 0 Å². The molecule has 5 nitrogen and oxygen atoms in total. The molecule has 0 spiro atoms. The van der Waals surface area contributed by atoms with Crippen molar-refractivity contribution in [1.82, 2.24) is 13.7 Å². The molecular formula is C50H29N5. The van der Waals surface area contributed by atoms with E-state index in [1.54, 1.807) is 0 Å². The lowest BCUT2D eigenvalue weighted by Crippen LogP contribution is -2.02. The fourth-order valence-electron chi connectivity index (χ4n) is 8.90. The highest BCUT2D eigenvalue weighted by Crippen LogP contribution is 2.43. The summed E-state index contributed by atoms with van der Waals surface area (Å²) in [4.78, 5) is 0. The van der Waals surface area contributed by atoms with Crippen LogP contribution >= 0.6 is 0 Å². The maximum Gasteiger partial charge on any atom is 0.102 e. The smallest absolute Gasteiger partial charge is 0.102 e. The molecule has 0 amide bonds. The number of fused-ring (bicyclic) bond motifs is 9. The topological polar surface area (TPSA) is 62.4 Å². The molecule has 3 heterocycles. The molecule has 8 aromatic carbocycles. The van der Waals surface area contributed by atoms with E-state index in [-0.39, 0.29) is 0 Å². The minimum absolute atomic E-state index is 0.577. The molecule has 0 saturated heterocycles. The Bertz CT molecular complexity index is 3420. The van der Waals surface area contributed by atoms with E-state index in [2.05, 4.69) is 153 Å². The van der Waals surface area contributed by atoms with E-state index in [0.29, 0.717) is 11.1 Å². The summed E-state index contributed by atoms with van der Waals surface area (Å²) >= 11 is 0. The van der Waals surface area contributed by atoms with Crippen molar-refractivity contribution in [3.63, 3.8) is 0 Å². The van der Waals surface area contributed by atoms with Gasteiger partial charge in [-0.2, -0.15) is 10.5 Å². The largest absolute Gasteiger partial charge is 0.309 e. The molecule has 55 heavy (non-hydrogen) atoms. The summed E-state index contributed by atoms with van der Waals surface area (Å²) in [6, 6.07) is 65.9. The maximum absolute atomic E-state index is 11.0.